The van der Waals surface area contributed by atoms with E-state index in [2.05, 4.69) is 10.6 Å². The molecule has 0 spiro atoms. The highest BCUT2D eigenvalue weighted by molar-refractivity contribution is 5.96. The number of nitrogens with one attached hydrogen (secondary N) is 2. The molecule has 2 N–H and O–H groups in total. The molecule has 0 aliphatic heterocycles. The second kappa shape index (κ2) is 13.1. The fraction of sp³-hybridized carbons (Fsp3) is 0.286. The Morgan fingerprint density at radius 3 is 1.05 bits per heavy atom. The van der Waals surface area contributed by atoms with Crippen LogP contribution in [0, 0.1) is 0 Å². The maximum Gasteiger partial charge on any atom is 0.251 e. The summed E-state index contributed by atoms with van der Waals surface area (Å²) < 4.78 is 31.9. The monoisotopic (exact) mass is 524 g/mol. The zero-order valence-corrected chi connectivity index (χ0v) is 22.3. The van der Waals surface area contributed by atoms with Crippen LogP contribution in [0.15, 0.2) is 48.5 Å². The van der Waals surface area contributed by atoms with Crippen molar-refractivity contribution in [1.29, 1.82) is 0 Å². The summed E-state index contributed by atoms with van der Waals surface area (Å²) in [5.74, 6) is 1.85. The highest BCUT2D eigenvalue weighted by Gasteiger charge is 2.18. The van der Waals surface area contributed by atoms with Crippen LogP contribution < -0.4 is 39.1 Å². The third kappa shape index (κ3) is 6.39. The van der Waals surface area contributed by atoms with Crippen molar-refractivity contribution in [1.82, 2.24) is 10.6 Å². The van der Waals surface area contributed by atoms with Gasteiger partial charge in [0.2, 0.25) is 11.5 Å². The van der Waals surface area contributed by atoms with Crippen LogP contribution in [0.1, 0.15) is 31.8 Å². The molecule has 3 rings (SSSR count). The number of rotatable bonds is 12. The topological polar surface area (TPSA) is 114 Å². The molecule has 0 atom stereocenters. The van der Waals surface area contributed by atoms with Gasteiger partial charge in [-0.3, -0.25) is 9.59 Å². The molecule has 0 heterocycles. The van der Waals surface area contributed by atoms with Crippen LogP contribution in [-0.2, 0) is 13.1 Å². The standard InChI is InChI=1S/C28H32N2O8/c1-33-21-11-19(12-22(34-2)25(21)37-5)27(31)29-15-17-7-9-18(10-8-17)16-30-28(32)20-13-23(35-3)26(38-6)24(14-20)36-4/h7-14H,15-16H2,1-6H3,(H,29,31)(H,30,32). The van der Waals surface area contributed by atoms with Gasteiger partial charge in [-0.15, -0.1) is 0 Å². The minimum atomic E-state index is -0.286. The van der Waals surface area contributed by atoms with Crippen LogP contribution in [0.4, 0.5) is 0 Å². The second-order valence-electron chi connectivity index (χ2n) is 8.01. The lowest BCUT2D eigenvalue weighted by atomic mass is 10.1. The van der Waals surface area contributed by atoms with E-state index in [0.29, 0.717) is 58.7 Å². The smallest absolute Gasteiger partial charge is 0.251 e. The van der Waals surface area contributed by atoms with E-state index in [4.69, 9.17) is 28.4 Å². The van der Waals surface area contributed by atoms with Crippen molar-refractivity contribution in [3.05, 3.63) is 70.8 Å². The molecule has 0 saturated carbocycles. The molecule has 0 unspecified atom stereocenters. The number of hydrogen-bond acceptors (Lipinski definition) is 8. The first-order valence-electron chi connectivity index (χ1n) is 11.6. The molecule has 3 aromatic rings. The summed E-state index contributed by atoms with van der Waals surface area (Å²) in [5, 5.41) is 5.77. The highest BCUT2D eigenvalue weighted by atomic mass is 16.5. The third-order valence-electron chi connectivity index (χ3n) is 5.78. The number of carbonyl (C=O) groups is 2. The number of ether oxygens (including phenoxy) is 6. The Kier molecular flexibility index (Phi) is 9.64. The molecule has 202 valence electrons. The lowest BCUT2D eigenvalue weighted by Crippen LogP contribution is -2.23. The van der Waals surface area contributed by atoms with Crippen molar-refractivity contribution in [2.75, 3.05) is 42.7 Å². The summed E-state index contributed by atoms with van der Waals surface area (Å²) in [6, 6.07) is 13.9. The van der Waals surface area contributed by atoms with Gasteiger partial charge in [-0.1, -0.05) is 24.3 Å². The minimum absolute atomic E-state index is 0.286. The van der Waals surface area contributed by atoms with Gasteiger partial charge in [0, 0.05) is 24.2 Å². The van der Waals surface area contributed by atoms with E-state index in [9.17, 15) is 9.59 Å². The van der Waals surface area contributed by atoms with Gasteiger partial charge in [0.05, 0.1) is 42.7 Å². The minimum Gasteiger partial charge on any atom is -0.493 e. The summed E-state index contributed by atoms with van der Waals surface area (Å²) >= 11 is 0. The third-order valence-corrected chi connectivity index (χ3v) is 5.78. The van der Waals surface area contributed by atoms with Crippen LogP contribution in [0.3, 0.4) is 0 Å². The molecule has 0 fully saturated rings. The maximum atomic E-state index is 12.7. The fourth-order valence-electron chi connectivity index (χ4n) is 3.77. The second-order valence-corrected chi connectivity index (χ2v) is 8.01. The van der Waals surface area contributed by atoms with Gasteiger partial charge in [-0.05, 0) is 35.4 Å². The summed E-state index contributed by atoms with van der Waals surface area (Å²) in [4.78, 5) is 25.5. The maximum absolute atomic E-state index is 12.7. The van der Waals surface area contributed by atoms with Crippen molar-refractivity contribution in [3.63, 3.8) is 0 Å². The molecule has 10 nitrogen and oxygen atoms in total. The molecule has 2 amide bonds. The Hall–Kier alpha value is -4.60. The van der Waals surface area contributed by atoms with Gasteiger partial charge in [0.15, 0.2) is 23.0 Å². The lowest BCUT2D eigenvalue weighted by molar-refractivity contribution is 0.0942. The van der Waals surface area contributed by atoms with Crippen LogP contribution in [0.25, 0.3) is 0 Å². The molecule has 0 aromatic heterocycles. The van der Waals surface area contributed by atoms with E-state index in [1.165, 1.54) is 42.7 Å². The van der Waals surface area contributed by atoms with Gasteiger partial charge in [-0.2, -0.15) is 0 Å². The average molecular weight is 525 g/mol. The molecule has 0 radical (unpaired) electrons. The Morgan fingerprint density at radius 1 is 0.526 bits per heavy atom. The Morgan fingerprint density at radius 2 is 0.816 bits per heavy atom. The first kappa shape index (κ1) is 28.0. The summed E-state index contributed by atoms with van der Waals surface area (Å²) in [5.41, 5.74) is 2.55. The molecule has 10 heteroatoms. The number of hydrogen-bond donors (Lipinski definition) is 2. The summed E-state index contributed by atoms with van der Waals surface area (Å²) in [6.45, 7) is 0.626. The van der Waals surface area contributed by atoms with Crippen molar-refractivity contribution >= 4 is 11.8 Å². The molecule has 0 bridgehead atoms. The van der Waals surface area contributed by atoms with Crippen LogP contribution in [-0.4, -0.2) is 54.5 Å². The van der Waals surface area contributed by atoms with Crippen molar-refractivity contribution in [3.8, 4) is 34.5 Å². The molecule has 38 heavy (non-hydrogen) atoms. The van der Waals surface area contributed by atoms with Crippen molar-refractivity contribution < 1.29 is 38.0 Å². The number of methoxy groups -OCH3 is 6. The Balaban J connectivity index is 1.60. The molecule has 0 aliphatic carbocycles. The summed E-state index contributed by atoms with van der Waals surface area (Å²) in [7, 11) is 8.98. The molecule has 3 aromatic carbocycles. The lowest BCUT2D eigenvalue weighted by Gasteiger charge is -2.14. The van der Waals surface area contributed by atoms with Crippen LogP contribution >= 0.6 is 0 Å². The van der Waals surface area contributed by atoms with Gasteiger partial charge >= 0.3 is 0 Å². The molecule has 0 aliphatic rings. The largest absolute Gasteiger partial charge is 0.493 e. The van der Waals surface area contributed by atoms with Gasteiger partial charge < -0.3 is 39.1 Å². The molecular formula is C28H32N2O8. The molecular weight excluding hydrogens is 492 g/mol. The van der Waals surface area contributed by atoms with Gasteiger partial charge in [0.25, 0.3) is 11.8 Å². The Labute approximate surface area is 221 Å². The highest BCUT2D eigenvalue weighted by Crippen LogP contribution is 2.39. The summed E-state index contributed by atoms with van der Waals surface area (Å²) in [6.07, 6.45) is 0. The van der Waals surface area contributed by atoms with Crippen LogP contribution in [0.5, 0.6) is 34.5 Å². The van der Waals surface area contributed by atoms with Crippen molar-refractivity contribution in [2.45, 2.75) is 13.1 Å². The number of carbonyl (C=O) groups excluding carboxylic acids is 2. The first-order valence-corrected chi connectivity index (χ1v) is 11.6. The molecule has 0 saturated heterocycles. The predicted octanol–water partition coefficient (Wildman–Crippen LogP) is 3.60. The first-order chi connectivity index (χ1) is 18.4. The number of benzene rings is 3. The normalized spacial score (nSPS) is 10.3. The fourth-order valence-corrected chi connectivity index (χ4v) is 3.77. The zero-order valence-electron chi connectivity index (χ0n) is 22.3. The zero-order chi connectivity index (χ0) is 27.7. The van der Waals surface area contributed by atoms with E-state index in [-0.39, 0.29) is 11.8 Å². The SMILES string of the molecule is COc1cc(C(=O)NCc2ccc(CNC(=O)c3cc(OC)c(OC)c(OC)c3)cc2)cc(OC)c1OC. The Bertz CT molecular complexity index is 1130. The van der Waals surface area contributed by atoms with E-state index >= 15 is 0 Å². The van der Waals surface area contributed by atoms with E-state index < -0.39 is 0 Å². The van der Waals surface area contributed by atoms with E-state index in [1.54, 1.807) is 24.3 Å². The predicted molar refractivity (Wildman–Crippen MR) is 141 cm³/mol. The van der Waals surface area contributed by atoms with Crippen molar-refractivity contribution in [2.24, 2.45) is 0 Å². The van der Waals surface area contributed by atoms with Gasteiger partial charge in [-0.25, -0.2) is 0 Å². The van der Waals surface area contributed by atoms with E-state index in [1.807, 2.05) is 24.3 Å². The average Bonchev–Trinajstić information content (AvgIpc) is 2.97. The van der Waals surface area contributed by atoms with E-state index in [0.717, 1.165) is 11.1 Å². The van der Waals surface area contributed by atoms with Crippen LogP contribution in [0.2, 0.25) is 0 Å². The quantitative estimate of drug-likeness (QED) is 0.370. The van der Waals surface area contributed by atoms with Gasteiger partial charge in [0.1, 0.15) is 0 Å². The number of amides is 2.